The highest BCUT2D eigenvalue weighted by Gasteiger charge is 2.28. The van der Waals surface area contributed by atoms with Crippen molar-refractivity contribution < 1.29 is 18.0 Å². The number of aromatic nitrogens is 2. The Bertz CT molecular complexity index is 1400. The minimum Gasteiger partial charge on any atom is -0.310 e. The van der Waals surface area contributed by atoms with Crippen molar-refractivity contribution in [2.45, 2.75) is 44.9 Å². The van der Waals surface area contributed by atoms with Gasteiger partial charge in [-0.25, -0.2) is 8.42 Å². The smallest absolute Gasteiger partial charge is 0.262 e. The SMILES string of the molecule is CCc1nn2c(c1-c1ccc(C)c(S(=O)(=O)Nc3ccc(C)c(Cl)c3)c1)NC(=O)CCC2=O. The van der Waals surface area contributed by atoms with Crippen molar-refractivity contribution in [2.24, 2.45) is 0 Å². The molecule has 172 valence electrons. The maximum atomic E-state index is 13.2. The number of nitrogens with zero attached hydrogens (tertiary/aromatic N) is 2. The van der Waals surface area contributed by atoms with Crippen LogP contribution in [0, 0.1) is 13.8 Å². The Balaban J connectivity index is 1.82. The molecule has 4 rings (SSSR count). The Hall–Kier alpha value is -3.17. The van der Waals surface area contributed by atoms with Crippen molar-refractivity contribution in [3.8, 4) is 11.1 Å². The van der Waals surface area contributed by atoms with E-state index in [1.54, 1.807) is 37.3 Å². The van der Waals surface area contributed by atoms with Crippen molar-refractivity contribution in [1.82, 2.24) is 9.78 Å². The molecule has 0 radical (unpaired) electrons. The van der Waals surface area contributed by atoms with E-state index in [2.05, 4.69) is 15.1 Å². The standard InChI is InChI=1S/C23H23ClN4O4S/c1-4-18-22(23-25-20(29)9-10-21(30)28(23)26-18)15-7-5-14(3)19(11-15)33(31,32)27-16-8-6-13(2)17(24)12-16/h5-8,11-12,27H,4,9-10H2,1-3H3,(H,25,29). The number of halogens is 1. The fourth-order valence-corrected chi connectivity index (χ4v) is 5.24. The van der Waals surface area contributed by atoms with Gasteiger partial charge in [0, 0.05) is 23.4 Å². The normalized spacial score (nSPS) is 13.9. The van der Waals surface area contributed by atoms with Crippen molar-refractivity contribution in [1.29, 1.82) is 0 Å². The summed E-state index contributed by atoms with van der Waals surface area (Å²) in [4.78, 5) is 24.8. The summed E-state index contributed by atoms with van der Waals surface area (Å²) < 4.78 is 30.3. The van der Waals surface area contributed by atoms with E-state index in [0.29, 0.717) is 39.5 Å². The zero-order chi connectivity index (χ0) is 23.9. The molecule has 3 aromatic rings. The third kappa shape index (κ3) is 4.38. The third-order valence-electron chi connectivity index (χ3n) is 5.54. The highest BCUT2D eigenvalue weighted by atomic mass is 35.5. The third-order valence-corrected chi connectivity index (χ3v) is 7.47. The first-order valence-electron chi connectivity index (χ1n) is 10.5. The van der Waals surface area contributed by atoms with Crippen LogP contribution in [-0.2, 0) is 21.2 Å². The van der Waals surface area contributed by atoms with E-state index < -0.39 is 10.0 Å². The molecule has 0 saturated heterocycles. The van der Waals surface area contributed by atoms with Gasteiger partial charge in [-0.05, 0) is 55.2 Å². The van der Waals surface area contributed by atoms with E-state index in [4.69, 9.17) is 11.6 Å². The van der Waals surface area contributed by atoms with Gasteiger partial charge >= 0.3 is 0 Å². The van der Waals surface area contributed by atoms with E-state index in [9.17, 15) is 18.0 Å². The quantitative estimate of drug-likeness (QED) is 0.549. The zero-order valence-electron chi connectivity index (χ0n) is 18.4. The highest BCUT2D eigenvalue weighted by Crippen LogP contribution is 2.36. The molecular weight excluding hydrogens is 464 g/mol. The molecule has 0 spiro atoms. The number of hydrogen-bond donors (Lipinski definition) is 2. The largest absolute Gasteiger partial charge is 0.310 e. The van der Waals surface area contributed by atoms with Gasteiger partial charge in [-0.3, -0.25) is 14.3 Å². The minimum atomic E-state index is -3.95. The number of nitrogens with one attached hydrogen (secondary N) is 2. The second-order valence-electron chi connectivity index (χ2n) is 7.93. The van der Waals surface area contributed by atoms with Crippen LogP contribution in [0.15, 0.2) is 41.3 Å². The van der Waals surface area contributed by atoms with Gasteiger partial charge in [0.25, 0.3) is 10.0 Å². The summed E-state index contributed by atoms with van der Waals surface area (Å²) in [6.07, 6.45) is 0.619. The number of amides is 1. The van der Waals surface area contributed by atoms with Gasteiger partial charge in [0.05, 0.1) is 16.3 Å². The number of aryl methyl sites for hydroxylation is 3. The Kier molecular flexibility index (Phi) is 6.02. The fraction of sp³-hybridized carbons (Fsp3) is 0.261. The molecule has 0 atom stereocenters. The molecule has 0 bridgehead atoms. The van der Waals surface area contributed by atoms with Crippen LogP contribution in [0.3, 0.4) is 0 Å². The number of carbonyl (C=O) groups is 2. The number of hydrogen-bond acceptors (Lipinski definition) is 5. The van der Waals surface area contributed by atoms with Crippen LogP contribution in [0.5, 0.6) is 0 Å². The number of carbonyl (C=O) groups excluding carboxylic acids is 2. The predicted octanol–water partition coefficient (Wildman–Crippen LogP) is 4.56. The molecule has 2 aromatic carbocycles. The lowest BCUT2D eigenvalue weighted by Crippen LogP contribution is -2.15. The van der Waals surface area contributed by atoms with E-state index >= 15 is 0 Å². The number of fused-ring (bicyclic) bond motifs is 1. The fourth-order valence-electron chi connectivity index (χ4n) is 3.74. The topological polar surface area (TPSA) is 110 Å². The van der Waals surface area contributed by atoms with Crippen LogP contribution >= 0.6 is 11.6 Å². The summed E-state index contributed by atoms with van der Waals surface area (Å²) in [7, 11) is -3.95. The monoisotopic (exact) mass is 486 g/mol. The summed E-state index contributed by atoms with van der Waals surface area (Å²) in [6.45, 7) is 5.41. The van der Waals surface area contributed by atoms with Gasteiger partial charge < -0.3 is 5.32 Å². The summed E-state index contributed by atoms with van der Waals surface area (Å²) >= 11 is 6.14. The molecule has 0 aliphatic carbocycles. The Morgan fingerprint density at radius 2 is 1.82 bits per heavy atom. The summed E-state index contributed by atoms with van der Waals surface area (Å²) in [5.74, 6) is -0.309. The molecule has 0 fully saturated rings. The maximum absolute atomic E-state index is 13.2. The molecule has 2 heterocycles. The average molecular weight is 487 g/mol. The summed E-state index contributed by atoms with van der Waals surface area (Å²) in [5.41, 5.74) is 3.39. The zero-order valence-corrected chi connectivity index (χ0v) is 20.0. The van der Waals surface area contributed by atoms with Crippen LogP contribution in [0.4, 0.5) is 11.5 Å². The summed E-state index contributed by atoms with van der Waals surface area (Å²) in [5, 5.41) is 7.61. The highest BCUT2D eigenvalue weighted by molar-refractivity contribution is 7.92. The van der Waals surface area contributed by atoms with Crippen molar-refractivity contribution in [3.63, 3.8) is 0 Å². The second kappa shape index (κ2) is 8.64. The molecule has 1 aliphatic heterocycles. The van der Waals surface area contributed by atoms with Crippen molar-refractivity contribution in [2.75, 3.05) is 10.0 Å². The molecule has 2 N–H and O–H groups in total. The lowest BCUT2D eigenvalue weighted by Gasteiger charge is -2.14. The molecule has 0 unspecified atom stereocenters. The van der Waals surface area contributed by atoms with Crippen molar-refractivity contribution >= 4 is 44.9 Å². The number of benzene rings is 2. The van der Waals surface area contributed by atoms with Gasteiger partial charge in [0.15, 0.2) is 0 Å². The van der Waals surface area contributed by atoms with Crippen LogP contribution in [0.2, 0.25) is 5.02 Å². The molecule has 1 aromatic heterocycles. The van der Waals surface area contributed by atoms with Crippen molar-refractivity contribution in [3.05, 3.63) is 58.2 Å². The Morgan fingerprint density at radius 1 is 1.09 bits per heavy atom. The Labute approximate surface area is 197 Å². The van der Waals surface area contributed by atoms with Gasteiger partial charge in [-0.2, -0.15) is 9.78 Å². The molecule has 0 saturated carbocycles. The van der Waals surface area contributed by atoms with Gasteiger partial charge in [-0.1, -0.05) is 36.7 Å². The molecule has 33 heavy (non-hydrogen) atoms. The predicted molar refractivity (Wildman–Crippen MR) is 127 cm³/mol. The van der Waals surface area contributed by atoms with Gasteiger partial charge in [0.1, 0.15) is 5.82 Å². The molecule has 1 amide bonds. The molecule has 1 aliphatic rings. The molecule has 8 nitrogen and oxygen atoms in total. The van der Waals surface area contributed by atoms with E-state index in [-0.39, 0.29) is 35.4 Å². The van der Waals surface area contributed by atoms with Crippen LogP contribution in [-0.4, -0.2) is 30.0 Å². The average Bonchev–Trinajstić information content (AvgIpc) is 3.06. The van der Waals surface area contributed by atoms with Crippen LogP contribution in [0.25, 0.3) is 11.1 Å². The van der Waals surface area contributed by atoms with E-state index in [0.717, 1.165) is 5.56 Å². The van der Waals surface area contributed by atoms with Crippen LogP contribution < -0.4 is 10.0 Å². The van der Waals surface area contributed by atoms with E-state index in [1.807, 2.05) is 13.8 Å². The number of sulfonamides is 1. The number of anilines is 2. The van der Waals surface area contributed by atoms with Crippen LogP contribution in [0.1, 0.15) is 41.4 Å². The van der Waals surface area contributed by atoms with Gasteiger partial charge in [-0.15, -0.1) is 0 Å². The van der Waals surface area contributed by atoms with Gasteiger partial charge in [0.2, 0.25) is 11.8 Å². The molecular formula is C23H23ClN4O4S. The minimum absolute atomic E-state index is 0.0552. The first-order chi connectivity index (χ1) is 15.6. The maximum Gasteiger partial charge on any atom is 0.262 e. The van der Waals surface area contributed by atoms with E-state index in [1.165, 1.54) is 10.7 Å². The Morgan fingerprint density at radius 3 is 2.52 bits per heavy atom. The lowest BCUT2D eigenvalue weighted by atomic mass is 10.0. The molecule has 10 heteroatoms. The first-order valence-corrected chi connectivity index (χ1v) is 12.3. The first kappa shape index (κ1) is 23.0. The lowest BCUT2D eigenvalue weighted by molar-refractivity contribution is -0.116. The number of rotatable bonds is 5. The second-order valence-corrected chi connectivity index (χ2v) is 9.99. The summed E-state index contributed by atoms with van der Waals surface area (Å²) in [6, 6.07) is 9.92.